The molecule has 0 bridgehead atoms. The van der Waals surface area contributed by atoms with Gasteiger partial charge in [0.2, 0.25) is 0 Å². The minimum Gasteiger partial charge on any atom is -0.275 e. The van der Waals surface area contributed by atoms with E-state index in [4.69, 9.17) is 5.84 Å². The predicted molar refractivity (Wildman–Crippen MR) is 43.6 cm³/mol. The lowest BCUT2D eigenvalue weighted by molar-refractivity contribution is 0.538. The summed E-state index contributed by atoms with van der Waals surface area (Å²) in [5.41, 5.74) is 3.86. The fraction of sp³-hybridized carbons (Fsp3) is 0.571. The first-order valence-corrected chi connectivity index (χ1v) is 3.72. The van der Waals surface area contributed by atoms with Crippen LogP contribution in [0.15, 0.2) is 12.4 Å². The van der Waals surface area contributed by atoms with Gasteiger partial charge in [0.1, 0.15) is 0 Å². The van der Waals surface area contributed by atoms with E-state index in [9.17, 15) is 0 Å². The maximum Gasteiger partial charge on any atom is 0.0538 e. The first kappa shape index (κ1) is 8.23. The second kappa shape index (κ2) is 3.50. The number of aromatic nitrogens is 2. The highest BCUT2D eigenvalue weighted by atomic mass is 15.3. The van der Waals surface area contributed by atoms with Gasteiger partial charge in [-0.05, 0) is 6.42 Å². The van der Waals surface area contributed by atoms with Gasteiger partial charge in [-0.1, -0.05) is 6.92 Å². The van der Waals surface area contributed by atoms with E-state index in [0.717, 1.165) is 12.0 Å². The molecule has 1 heterocycles. The molecular formula is C7H14N4. The van der Waals surface area contributed by atoms with Gasteiger partial charge in [-0.25, -0.2) is 0 Å². The predicted octanol–water partition coefficient (Wildman–Crippen LogP) is 0.334. The van der Waals surface area contributed by atoms with Crippen molar-refractivity contribution in [3.05, 3.63) is 18.0 Å². The summed E-state index contributed by atoms with van der Waals surface area (Å²) in [6.07, 6.45) is 4.77. The third-order valence-corrected chi connectivity index (χ3v) is 1.74. The summed E-state index contributed by atoms with van der Waals surface area (Å²) >= 11 is 0. The van der Waals surface area contributed by atoms with Crippen LogP contribution in [0.3, 0.4) is 0 Å². The lowest BCUT2D eigenvalue weighted by Gasteiger charge is -2.09. The largest absolute Gasteiger partial charge is 0.275 e. The zero-order chi connectivity index (χ0) is 8.27. The molecule has 4 nitrogen and oxygen atoms in total. The number of hydrogen-bond acceptors (Lipinski definition) is 3. The van der Waals surface area contributed by atoms with Crippen molar-refractivity contribution in [1.82, 2.24) is 15.2 Å². The van der Waals surface area contributed by atoms with Crippen LogP contribution in [-0.4, -0.2) is 9.78 Å². The second-order valence-electron chi connectivity index (χ2n) is 2.57. The molecule has 0 aliphatic heterocycles. The first-order valence-electron chi connectivity index (χ1n) is 3.72. The summed E-state index contributed by atoms with van der Waals surface area (Å²) in [6.45, 7) is 2.08. The third kappa shape index (κ3) is 1.78. The van der Waals surface area contributed by atoms with E-state index in [1.165, 1.54) is 0 Å². The normalized spacial score (nSPS) is 13.4. The SMILES string of the molecule is CCC(NN)c1cnn(C)c1. The van der Waals surface area contributed by atoms with E-state index in [2.05, 4.69) is 17.4 Å². The van der Waals surface area contributed by atoms with Gasteiger partial charge >= 0.3 is 0 Å². The molecule has 1 rings (SSSR count). The molecule has 1 unspecified atom stereocenters. The lowest BCUT2D eigenvalue weighted by Crippen LogP contribution is -2.27. The van der Waals surface area contributed by atoms with Crippen molar-refractivity contribution in [2.24, 2.45) is 12.9 Å². The standard InChI is InChI=1S/C7H14N4/c1-3-7(10-8)6-4-9-11(2)5-6/h4-5,7,10H,3,8H2,1-2H3. The molecule has 0 fully saturated rings. The summed E-state index contributed by atoms with van der Waals surface area (Å²) in [5, 5.41) is 4.05. The average Bonchev–Trinajstić information content (AvgIpc) is 2.39. The quantitative estimate of drug-likeness (QED) is 0.487. The van der Waals surface area contributed by atoms with E-state index in [0.29, 0.717) is 0 Å². The van der Waals surface area contributed by atoms with Crippen LogP contribution in [0.1, 0.15) is 24.9 Å². The Balaban J connectivity index is 2.73. The van der Waals surface area contributed by atoms with Crippen LogP contribution in [0.2, 0.25) is 0 Å². The summed E-state index contributed by atoms with van der Waals surface area (Å²) in [4.78, 5) is 0. The highest BCUT2D eigenvalue weighted by molar-refractivity contribution is 5.09. The second-order valence-corrected chi connectivity index (χ2v) is 2.57. The van der Waals surface area contributed by atoms with Gasteiger partial charge in [0.25, 0.3) is 0 Å². The molecule has 11 heavy (non-hydrogen) atoms. The highest BCUT2D eigenvalue weighted by Crippen LogP contribution is 2.13. The molecule has 0 spiro atoms. The summed E-state index contributed by atoms with van der Waals surface area (Å²) in [6, 6.07) is 0.226. The fourth-order valence-electron chi connectivity index (χ4n) is 1.07. The minimum absolute atomic E-state index is 0.226. The van der Waals surface area contributed by atoms with Gasteiger partial charge in [0.15, 0.2) is 0 Å². The van der Waals surface area contributed by atoms with E-state index in [-0.39, 0.29) is 6.04 Å². The molecule has 1 aromatic rings. The first-order chi connectivity index (χ1) is 5.27. The molecule has 62 valence electrons. The molecular weight excluding hydrogens is 140 g/mol. The Kier molecular flexibility index (Phi) is 2.62. The van der Waals surface area contributed by atoms with Gasteiger partial charge in [-0.2, -0.15) is 5.10 Å². The van der Waals surface area contributed by atoms with Crippen LogP contribution in [0.5, 0.6) is 0 Å². The molecule has 0 amide bonds. The fourth-order valence-corrected chi connectivity index (χ4v) is 1.07. The van der Waals surface area contributed by atoms with Crippen LogP contribution in [0.4, 0.5) is 0 Å². The number of hydrazine groups is 1. The van der Waals surface area contributed by atoms with Gasteiger partial charge < -0.3 is 0 Å². The molecule has 1 atom stereocenters. The van der Waals surface area contributed by atoms with E-state index in [1.54, 1.807) is 4.68 Å². The maximum absolute atomic E-state index is 5.34. The van der Waals surface area contributed by atoms with Gasteiger partial charge in [0, 0.05) is 24.8 Å². The number of nitrogens with one attached hydrogen (secondary N) is 1. The number of aryl methyl sites for hydroxylation is 1. The Hall–Kier alpha value is -0.870. The molecule has 0 saturated heterocycles. The van der Waals surface area contributed by atoms with Crippen LogP contribution in [0.25, 0.3) is 0 Å². The zero-order valence-electron chi connectivity index (χ0n) is 6.91. The van der Waals surface area contributed by atoms with Crippen molar-refractivity contribution in [3.8, 4) is 0 Å². The van der Waals surface area contributed by atoms with Crippen LogP contribution >= 0.6 is 0 Å². The third-order valence-electron chi connectivity index (χ3n) is 1.74. The Labute approximate surface area is 66.4 Å². The number of hydrogen-bond donors (Lipinski definition) is 2. The summed E-state index contributed by atoms with van der Waals surface area (Å²) in [5.74, 6) is 5.34. The van der Waals surface area contributed by atoms with Crippen molar-refractivity contribution >= 4 is 0 Å². The number of nitrogens with two attached hydrogens (primary N) is 1. The van der Waals surface area contributed by atoms with Gasteiger partial charge in [-0.15, -0.1) is 0 Å². The Morgan fingerprint density at radius 3 is 2.91 bits per heavy atom. The number of nitrogens with zero attached hydrogens (tertiary/aromatic N) is 2. The van der Waals surface area contributed by atoms with Crippen LogP contribution in [0, 0.1) is 0 Å². The maximum atomic E-state index is 5.34. The highest BCUT2D eigenvalue weighted by Gasteiger charge is 2.07. The van der Waals surface area contributed by atoms with Crippen molar-refractivity contribution in [2.45, 2.75) is 19.4 Å². The van der Waals surface area contributed by atoms with E-state index < -0.39 is 0 Å². The van der Waals surface area contributed by atoms with Crippen molar-refractivity contribution in [3.63, 3.8) is 0 Å². The molecule has 0 aliphatic rings. The summed E-state index contributed by atoms with van der Waals surface area (Å²) < 4.78 is 1.77. The number of rotatable bonds is 3. The van der Waals surface area contributed by atoms with E-state index in [1.807, 2.05) is 19.4 Å². The Morgan fingerprint density at radius 1 is 1.82 bits per heavy atom. The minimum atomic E-state index is 0.226. The van der Waals surface area contributed by atoms with Crippen molar-refractivity contribution < 1.29 is 0 Å². The van der Waals surface area contributed by atoms with E-state index >= 15 is 0 Å². The smallest absolute Gasteiger partial charge is 0.0538 e. The van der Waals surface area contributed by atoms with Gasteiger partial charge in [0.05, 0.1) is 6.20 Å². The summed E-state index contributed by atoms with van der Waals surface area (Å²) in [7, 11) is 1.90. The van der Waals surface area contributed by atoms with Crippen molar-refractivity contribution in [1.29, 1.82) is 0 Å². The molecule has 0 aromatic carbocycles. The molecule has 0 aliphatic carbocycles. The molecule has 0 radical (unpaired) electrons. The molecule has 1 aromatic heterocycles. The molecule has 0 saturated carbocycles. The molecule has 4 heteroatoms. The van der Waals surface area contributed by atoms with Gasteiger partial charge in [-0.3, -0.25) is 16.0 Å². The average molecular weight is 154 g/mol. The topological polar surface area (TPSA) is 55.9 Å². The lowest BCUT2D eigenvalue weighted by atomic mass is 10.1. The Bertz CT molecular complexity index is 214. The zero-order valence-corrected chi connectivity index (χ0v) is 6.91. The van der Waals surface area contributed by atoms with Crippen molar-refractivity contribution in [2.75, 3.05) is 0 Å². The monoisotopic (exact) mass is 154 g/mol. The van der Waals surface area contributed by atoms with Crippen LogP contribution in [-0.2, 0) is 7.05 Å². The van der Waals surface area contributed by atoms with Crippen LogP contribution < -0.4 is 11.3 Å². The molecule has 3 N–H and O–H groups in total. The Morgan fingerprint density at radius 2 is 2.55 bits per heavy atom.